The fraction of sp³-hybridized carbons (Fsp3) is 0.824. The second-order valence-electron chi connectivity index (χ2n) is 7.05. The predicted octanol–water partition coefficient (Wildman–Crippen LogP) is 3.44. The van der Waals surface area contributed by atoms with E-state index in [4.69, 9.17) is 9.47 Å². The van der Waals surface area contributed by atoms with E-state index in [0.29, 0.717) is 36.9 Å². The molecule has 1 saturated heterocycles. The Balaban J connectivity index is 2.33. The van der Waals surface area contributed by atoms with Crippen molar-refractivity contribution in [1.29, 1.82) is 0 Å². The van der Waals surface area contributed by atoms with Crippen molar-refractivity contribution in [2.45, 2.75) is 47.6 Å². The van der Waals surface area contributed by atoms with Gasteiger partial charge in [0.1, 0.15) is 0 Å². The van der Waals surface area contributed by atoms with Gasteiger partial charge in [0.2, 0.25) is 0 Å². The van der Waals surface area contributed by atoms with Crippen molar-refractivity contribution < 1.29 is 14.3 Å². The number of fused-ring (bicyclic) bond motifs is 2. The maximum atomic E-state index is 11.2. The molecule has 0 aromatic rings. The van der Waals surface area contributed by atoms with Crippen LogP contribution in [0.5, 0.6) is 0 Å². The van der Waals surface area contributed by atoms with Gasteiger partial charge in [-0.25, -0.2) is 0 Å². The molecular formula is C17H28O3. The van der Waals surface area contributed by atoms with Gasteiger partial charge in [-0.05, 0) is 24.7 Å². The molecule has 1 aliphatic carbocycles. The third kappa shape index (κ3) is 2.41. The molecule has 0 radical (unpaired) electrons. The van der Waals surface area contributed by atoms with Gasteiger partial charge < -0.3 is 9.47 Å². The first kappa shape index (κ1) is 15.6. The summed E-state index contributed by atoms with van der Waals surface area (Å²) in [5.74, 6) is 1.60. The molecule has 1 heterocycles. The van der Waals surface area contributed by atoms with Crippen LogP contribution in [0, 0.1) is 29.1 Å². The molecular weight excluding hydrogens is 252 g/mol. The van der Waals surface area contributed by atoms with Gasteiger partial charge in [-0.1, -0.05) is 39.3 Å². The minimum Gasteiger partial charge on any atom is -0.465 e. The molecule has 20 heavy (non-hydrogen) atoms. The highest BCUT2D eigenvalue weighted by Crippen LogP contribution is 2.53. The quantitative estimate of drug-likeness (QED) is 0.587. The Bertz CT molecular complexity index is 412. The van der Waals surface area contributed by atoms with Crippen LogP contribution in [0.1, 0.15) is 41.5 Å². The first-order valence-corrected chi connectivity index (χ1v) is 7.73. The fourth-order valence-corrected chi connectivity index (χ4v) is 4.15. The monoisotopic (exact) mass is 280 g/mol. The van der Waals surface area contributed by atoms with Crippen LogP contribution in [0.15, 0.2) is 11.6 Å². The van der Waals surface area contributed by atoms with Crippen LogP contribution < -0.4 is 0 Å². The van der Waals surface area contributed by atoms with Gasteiger partial charge in [0.05, 0.1) is 19.3 Å². The van der Waals surface area contributed by atoms with E-state index in [0.717, 1.165) is 0 Å². The molecule has 2 aliphatic rings. The van der Waals surface area contributed by atoms with Crippen LogP contribution in [-0.4, -0.2) is 25.3 Å². The zero-order valence-corrected chi connectivity index (χ0v) is 13.6. The van der Waals surface area contributed by atoms with E-state index in [1.165, 1.54) is 12.5 Å². The summed E-state index contributed by atoms with van der Waals surface area (Å²) in [5, 5.41) is 0. The maximum Gasteiger partial charge on any atom is 0.302 e. The minimum atomic E-state index is -0.201. The Kier molecular flexibility index (Phi) is 4.29. The first-order chi connectivity index (χ1) is 9.29. The maximum absolute atomic E-state index is 11.2. The summed E-state index contributed by atoms with van der Waals surface area (Å²) in [7, 11) is 0. The van der Waals surface area contributed by atoms with Gasteiger partial charge in [-0.3, -0.25) is 4.79 Å². The first-order valence-electron chi connectivity index (χ1n) is 7.73. The smallest absolute Gasteiger partial charge is 0.302 e. The molecule has 0 aromatic heterocycles. The molecule has 2 bridgehead atoms. The molecule has 0 amide bonds. The van der Waals surface area contributed by atoms with E-state index < -0.39 is 0 Å². The second-order valence-corrected chi connectivity index (χ2v) is 7.05. The molecule has 1 aliphatic heterocycles. The number of rotatable bonds is 3. The van der Waals surface area contributed by atoms with Gasteiger partial charge in [-0.15, -0.1) is 0 Å². The lowest BCUT2D eigenvalue weighted by Crippen LogP contribution is -2.57. The van der Waals surface area contributed by atoms with Crippen molar-refractivity contribution in [3.63, 3.8) is 0 Å². The van der Waals surface area contributed by atoms with Gasteiger partial charge in [0.25, 0.3) is 0 Å². The van der Waals surface area contributed by atoms with Crippen molar-refractivity contribution in [3.8, 4) is 0 Å². The molecule has 5 atom stereocenters. The third-order valence-corrected chi connectivity index (χ3v) is 5.49. The Hall–Kier alpha value is -0.830. The van der Waals surface area contributed by atoms with Crippen molar-refractivity contribution >= 4 is 5.97 Å². The standard InChI is InChI=1S/C17H28O3/c1-10(2)16-15-11(3)7-12(4)17(9-20-16,13(15)5)8-19-14(6)18/h7,10,12-13,15-16H,8-9H2,1-6H3/t12?,13-,15?,16?,17?/m0/s1. The summed E-state index contributed by atoms with van der Waals surface area (Å²) in [6, 6.07) is 0. The van der Waals surface area contributed by atoms with E-state index in [1.54, 1.807) is 0 Å². The van der Waals surface area contributed by atoms with Gasteiger partial charge in [0.15, 0.2) is 0 Å². The summed E-state index contributed by atoms with van der Waals surface area (Å²) in [6.45, 7) is 13.8. The van der Waals surface area contributed by atoms with Crippen molar-refractivity contribution in [2.75, 3.05) is 13.2 Å². The molecule has 0 aromatic carbocycles. The highest BCUT2D eigenvalue weighted by molar-refractivity contribution is 5.65. The Morgan fingerprint density at radius 2 is 2.15 bits per heavy atom. The topological polar surface area (TPSA) is 35.5 Å². The normalized spacial score (nSPS) is 40.5. The number of allylic oxidation sites excluding steroid dienone is 1. The van der Waals surface area contributed by atoms with Gasteiger partial charge in [-0.2, -0.15) is 0 Å². The average molecular weight is 280 g/mol. The summed E-state index contributed by atoms with van der Waals surface area (Å²) >= 11 is 0. The molecule has 0 saturated carbocycles. The lowest BCUT2D eigenvalue weighted by Gasteiger charge is -2.56. The van der Waals surface area contributed by atoms with E-state index in [2.05, 4.69) is 40.7 Å². The summed E-state index contributed by atoms with van der Waals surface area (Å²) in [5.41, 5.74) is 1.36. The van der Waals surface area contributed by atoms with Crippen LogP contribution in [0.25, 0.3) is 0 Å². The number of ether oxygens (including phenoxy) is 2. The zero-order chi connectivity index (χ0) is 15.1. The molecule has 114 valence electrons. The summed E-state index contributed by atoms with van der Waals surface area (Å²) in [6.07, 6.45) is 2.64. The Morgan fingerprint density at radius 1 is 1.50 bits per heavy atom. The number of carbonyl (C=O) groups excluding carboxylic acids is 1. The molecule has 1 fully saturated rings. The molecule has 3 heteroatoms. The SMILES string of the molecule is CC(=O)OCC12COC(C(C)C)C(C(C)=CC1C)[C@@H]2C. The van der Waals surface area contributed by atoms with E-state index in [1.807, 2.05) is 0 Å². The number of carbonyl (C=O) groups is 1. The molecule has 4 unspecified atom stereocenters. The van der Waals surface area contributed by atoms with E-state index in [9.17, 15) is 4.79 Å². The van der Waals surface area contributed by atoms with Crippen LogP contribution in [0.3, 0.4) is 0 Å². The Labute approximate surface area is 122 Å². The van der Waals surface area contributed by atoms with E-state index in [-0.39, 0.29) is 17.5 Å². The van der Waals surface area contributed by atoms with Crippen LogP contribution in [0.2, 0.25) is 0 Å². The number of esters is 1. The molecule has 2 rings (SSSR count). The second kappa shape index (κ2) is 5.51. The van der Waals surface area contributed by atoms with Crippen LogP contribution in [-0.2, 0) is 14.3 Å². The van der Waals surface area contributed by atoms with Crippen molar-refractivity contribution in [1.82, 2.24) is 0 Å². The molecule has 3 nitrogen and oxygen atoms in total. The molecule has 0 N–H and O–H groups in total. The average Bonchev–Trinajstić information content (AvgIpc) is 2.34. The summed E-state index contributed by atoms with van der Waals surface area (Å²) < 4.78 is 11.6. The fourth-order valence-electron chi connectivity index (χ4n) is 4.15. The van der Waals surface area contributed by atoms with Crippen molar-refractivity contribution in [3.05, 3.63) is 11.6 Å². The zero-order valence-electron chi connectivity index (χ0n) is 13.6. The third-order valence-electron chi connectivity index (χ3n) is 5.49. The molecule has 0 spiro atoms. The lowest BCUT2D eigenvalue weighted by atomic mass is 9.55. The largest absolute Gasteiger partial charge is 0.465 e. The van der Waals surface area contributed by atoms with Crippen molar-refractivity contribution in [2.24, 2.45) is 29.1 Å². The number of hydrogen-bond acceptors (Lipinski definition) is 3. The highest BCUT2D eigenvalue weighted by Gasteiger charge is 2.54. The van der Waals surface area contributed by atoms with Crippen LogP contribution >= 0.6 is 0 Å². The highest BCUT2D eigenvalue weighted by atomic mass is 16.5. The lowest BCUT2D eigenvalue weighted by molar-refractivity contribution is -0.186. The van der Waals surface area contributed by atoms with Gasteiger partial charge >= 0.3 is 5.97 Å². The van der Waals surface area contributed by atoms with E-state index >= 15 is 0 Å². The van der Waals surface area contributed by atoms with Crippen LogP contribution in [0.4, 0.5) is 0 Å². The Morgan fingerprint density at radius 3 is 2.70 bits per heavy atom. The minimum absolute atomic E-state index is 0.0682. The number of hydrogen-bond donors (Lipinski definition) is 0. The van der Waals surface area contributed by atoms with Gasteiger partial charge in [0, 0.05) is 18.3 Å². The summed E-state index contributed by atoms with van der Waals surface area (Å²) in [4.78, 5) is 11.2. The predicted molar refractivity (Wildman–Crippen MR) is 79.2 cm³/mol.